The Hall–Kier alpha value is -1.06. The molecule has 0 spiro atoms. The Kier molecular flexibility index (Phi) is 3.99. The number of piperazine rings is 1. The maximum Gasteiger partial charge on any atom is 0.129 e. The Morgan fingerprint density at radius 1 is 1.30 bits per heavy atom. The molecule has 0 aromatic carbocycles. The van der Waals surface area contributed by atoms with Crippen molar-refractivity contribution in [2.24, 2.45) is 5.41 Å². The van der Waals surface area contributed by atoms with Crippen molar-refractivity contribution in [3.8, 4) is 0 Å². The van der Waals surface area contributed by atoms with Gasteiger partial charge in [0.25, 0.3) is 0 Å². The minimum atomic E-state index is 0.398. The molecule has 0 unspecified atom stereocenters. The van der Waals surface area contributed by atoms with Gasteiger partial charge in [0, 0.05) is 32.7 Å². The predicted octanol–water partition coefficient (Wildman–Crippen LogP) is 3.15. The fourth-order valence-electron chi connectivity index (χ4n) is 3.36. The normalized spacial score (nSPS) is 24.1. The van der Waals surface area contributed by atoms with Crippen LogP contribution in [-0.2, 0) is 0 Å². The molecule has 1 aliphatic heterocycles. The summed E-state index contributed by atoms with van der Waals surface area (Å²) < 4.78 is 5.70. The number of allylic oxidation sites excluding steroid dienone is 1. The van der Waals surface area contributed by atoms with Gasteiger partial charge in [-0.25, -0.2) is 0 Å². The van der Waals surface area contributed by atoms with E-state index in [1.807, 2.05) is 6.07 Å². The van der Waals surface area contributed by atoms with Crippen LogP contribution in [0, 0.1) is 5.41 Å². The minimum Gasteiger partial charge on any atom is -0.465 e. The third kappa shape index (κ3) is 3.15. The molecule has 3 nitrogen and oxygen atoms in total. The summed E-state index contributed by atoms with van der Waals surface area (Å²) in [5, 5.41) is 3.43. The molecule has 0 atom stereocenters. The Balaban J connectivity index is 1.83. The summed E-state index contributed by atoms with van der Waals surface area (Å²) in [4.78, 5) is 2.58. The first-order chi connectivity index (χ1) is 9.64. The Morgan fingerprint density at radius 3 is 2.80 bits per heavy atom. The molecule has 0 radical (unpaired) electrons. The van der Waals surface area contributed by atoms with Gasteiger partial charge in [0.15, 0.2) is 0 Å². The first-order valence-electron chi connectivity index (χ1n) is 7.82. The van der Waals surface area contributed by atoms with E-state index in [-0.39, 0.29) is 0 Å². The van der Waals surface area contributed by atoms with Crippen molar-refractivity contribution < 1.29 is 4.42 Å². The van der Waals surface area contributed by atoms with Gasteiger partial charge in [0.05, 0.1) is 6.26 Å². The molecule has 3 heteroatoms. The fraction of sp³-hybridized carbons (Fsp3) is 0.647. The third-order valence-corrected chi connectivity index (χ3v) is 4.63. The number of nitrogens with zero attached hydrogens (tertiary/aromatic N) is 1. The summed E-state index contributed by atoms with van der Waals surface area (Å²) in [6.07, 6.45) is 5.44. The Labute approximate surface area is 122 Å². The molecule has 3 rings (SSSR count). The van der Waals surface area contributed by atoms with Crippen molar-refractivity contribution in [3.05, 3.63) is 29.7 Å². The third-order valence-electron chi connectivity index (χ3n) is 4.63. The van der Waals surface area contributed by atoms with Crippen LogP contribution in [0.1, 0.15) is 38.9 Å². The van der Waals surface area contributed by atoms with Crippen LogP contribution in [0.3, 0.4) is 0 Å². The molecule has 110 valence electrons. The average molecular weight is 274 g/mol. The zero-order chi connectivity index (χ0) is 14.0. The average Bonchev–Trinajstić information content (AvgIpc) is 2.96. The summed E-state index contributed by atoms with van der Waals surface area (Å²) >= 11 is 0. The van der Waals surface area contributed by atoms with E-state index < -0.39 is 0 Å². The highest BCUT2D eigenvalue weighted by Crippen LogP contribution is 2.43. The molecule has 1 aliphatic carbocycles. The molecular weight excluding hydrogens is 248 g/mol. The van der Waals surface area contributed by atoms with E-state index in [1.165, 1.54) is 31.5 Å². The van der Waals surface area contributed by atoms with Crippen molar-refractivity contribution in [2.75, 3.05) is 32.7 Å². The molecule has 1 N–H and O–H groups in total. The molecule has 1 aromatic rings. The smallest absolute Gasteiger partial charge is 0.129 e. The topological polar surface area (TPSA) is 28.4 Å². The number of furan rings is 1. The lowest BCUT2D eigenvalue weighted by atomic mass is 9.73. The van der Waals surface area contributed by atoms with Crippen LogP contribution in [0.5, 0.6) is 0 Å². The SMILES string of the molecule is CC1(C)CCC(CN2CCNCC2)=C(c2ccco2)C1. The van der Waals surface area contributed by atoms with Crippen LogP contribution in [0.15, 0.2) is 28.4 Å². The Morgan fingerprint density at radius 2 is 2.10 bits per heavy atom. The van der Waals surface area contributed by atoms with E-state index in [9.17, 15) is 0 Å². The number of hydrogen-bond acceptors (Lipinski definition) is 3. The van der Waals surface area contributed by atoms with Crippen molar-refractivity contribution in [1.82, 2.24) is 10.2 Å². The van der Waals surface area contributed by atoms with Crippen LogP contribution in [0.4, 0.5) is 0 Å². The predicted molar refractivity (Wildman–Crippen MR) is 82.6 cm³/mol. The van der Waals surface area contributed by atoms with Crippen LogP contribution >= 0.6 is 0 Å². The van der Waals surface area contributed by atoms with Gasteiger partial charge in [-0.3, -0.25) is 4.90 Å². The van der Waals surface area contributed by atoms with E-state index >= 15 is 0 Å². The summed E-state index contributed by atoms with van der Waals surface area (Å²) in [6, 6.07) is 4.13. The molecule has 0 amide bonds. The molecule has 20 heavy (non-hydrogen) atoms. The standard InChI is InChI=1S/C17H26N2O/c1-17(2)6-5-14(13-19-9-7-18-8-10-19)15(12-17)16-4-3-11-20-16/h3-4,11,18H,5-10,12-13H2,1-2H3. The molecule has 1 saturated heterocycles. The van der Waals surface area contributed by atoms with Gasteiger partial charge in [-0.2, -0.15) is 0 Å². The molecule has 1 fully saturated rings. The largest absolute Gasteiger partial charge is 0.465 e. The van der Waals surface area contributed by atoms with Gasteiger partial charge in [-0.15, -0.1) is 0 Å². The van der Waals surface area contributed by atoms with Gasteiger partial charge in [0.2, 0.25) is 0 Å². The molecule has 1 aromatic heterocycles. The molecular formula is C17H26N2O. The quantitative estimate of drug-likeness (QED) is 0.918. The van der Waals surface area contributed by atoms with Crippen molar-refractivity contribution in [3.63, 3.8) is 0 Å². The first kappa shape index (κ1) is 13.9. The summed E-state index contributed by atoms with van der Waals surface area (Å²) in [7, 11) is 0. The zero-order valence-corrected chi connectivity index (χ0v) is 12.7. The van der Waals surface area contributed by atoms with Crippen molar-refractivity contribution in [2.45, 2.75) is 33.1 Å². The van der Waals surface area contributed by atoms with E-state index in [2.05, 4.69) is 30.1 Å². The number of rotatable bonds is 3. The van der Waals surface area contributed by atoms with E-state index in [0.29, 0.717) is 5.41 Å². The lowest BCUT2D eigenvalue weighted by Gasteiger charge is -2.35. The highest BCUT2D eigenvalue weighted by atomic mass is 16.3. The second kappa shape index (κ2) is 5.74. The minimum absolute atomic E-state index is 0.398. The lowest BCUT2D eigenvalue weighted by Crippen LogP contribution is -2.44. The highest BCUT2D eigenvalue weighted by molar-refractivity contribution is 5.67. The van der Waals surface area contributed by atoms with Gasteiger partial charge in [-0.1, -0.05) is 13.8 Å². The molecule has 2 heterocycles. The van der Waals surface area contributed by atoms with Crippen LogP contribution < -0.4 is 5.32 Å². The van der Waals surface area contributed by atoms with Gasteiger partial charge >= 0.3 is 0 Å². The van der Waals surface area contributed by atoms with E-state index in [1.54, 1.807) is 11.8 Å². The monoisotopic (exact) mass is 274 g/mol. The second-order valence-corrected chi connectivity index (χ2v) is 6.93. The van der Waals surface area contributed by atoms with E-state index in [4.69, 9.17) is 4.42 Å². The summed E-state index contributed by atoms with van der Waals surface area (Å²) in [5.41, 5.74) is 3.46. The van der Waals surface area contributed by atoms with Crippen LogP contribution in [-0.4, -0.2) is 37.6 Å². The van der Waals surface area contributed by atoms with Crippen LogP contribution in [0.25, 0.3) is 5.57 Å². The maximum absolute atomic E-state index is 5.70. The van der Waals surface area contributed by atoms with Crippen molar-refractivity contribution >= 4 is 5.57 Å². The Bertz CT molecular complexity index is 467. The maximum atomic E-state index is 5.70. The lowest BCUT2D eigenvalue weighted by molar-refractivity contribution is 0.248. The molecule has 2 aliphatic rings. The van der Waals surface area contributed by atoms with Gasteiger partial charge < -0.3 is 9.73 Å². The number of nitrogens with one attached hydrogen (secondary N) is 1. The van der Waals surface area contributed by atoms with Crippen LogP contribution in [0.2, 0.25) is 0 Å². The first-order valence-corrected chi connectivity index (χ1v) is 7.82. The van der Waals surface area contributed by atoms with Gasteiger partial charge in [0.1, 0.15) is 5.76 Å². The highest BCUT2D eigenvalue weighted by Gasteiger charge is 2.29. The fourth-order valence-corrected chi connectivity index (χ4v) is 3.36. The number of hydrogen-bond donors (Lipinski definition) is 1. The molecule has 0 bridgehead atoms. The van der Waals surface area contributed by atoms with E-state index in [0.717, 1.165) is 31.8 Å². The summed E-state index contributed by atoms with van der Waals surface area (Å²) in [5.74, 6) is 1.09. The summed E-state index contributed by atoms with van der Waals surface area (Å²) in [6.45, 7) is 10.4. The molecule has 0 saturated carbocycles. The second-order valence-electron chi connectivity index (χ2n) is 6.93. The van der Waals surface area contributed by atoms with Crippen molar-refractivity contribution in [1.29, 1.82) is 0 Å². The zero-order valence-electron chi connectivity index (χ0n) is 12.7. The van der Waals surface area contributed by atoms with Gasteiger partial charge in [-0.05, 0) is 48.0 Å².